The highest BCUT2D eigenvalue weighted by atomic mass is 16.6. The first-order valence-corrected chi connectivity index (χ1v) is 6.65. The molecule has 1 aliphatic rings. The van der Waals surface area contributed by atoms with Crippen LogP contribution in [0.4, 0.5) is 11.4 Å². The summed E-state index contributed by atoms with van der Waals surface area (Å²) in [5.74, 6) is 1.66. The lowest BCUT2D eigenvalue weighted by Crippen LogP contribution is -2.15. The molecule has 5 nitrogen and oxygen atoms in total. The summed E-state index contributed by atoms with van der Waals surface area (Å²) < 4.78 is 11.1. The molecule has 2 aromatic rings. The van der Waals surface area contributed by atoms with Crippen molar-refractivity contribution >= 4 is 11.4 Å². The molecule has 0 unspecified atom stereocenters. The van der Waals surface area contributed by atoms with Crippen molar-refractivity contribution in [1.82, 2.24) is 4.98 Å². The summed E-state index contributed by atoms with van der Waals surface area (Å²) in [6.07, 6.45) is 4.26. The third-order valence-corrected chi connectivity index (χ3v) is 3.19. The van der Waals surface area contributed by atoms with Crippen molar-refractivity contribution in [2.24, 2.45) is 0 Å². The topological polar surface area (TPSA) is 69.4 Å². The van der Waals surface area contributed by atoms with Crippen molar-refractivity contribution in [2.75, 3.05) is 30.8 Å². The Kier molecular flexibility index (Phi) is 3.58. The van der Waals surface area contributed by atoms with Gasteiger partial charge < -0.3 is 20.5 Å². The summed E-state index contributed by atoms with van der Waals surface area (Å²) in [4.78, 5) is 3.96. The molecule has 0 aliphatic carbocycles. The van der Waals surface area contributed by atoms with Crippen molar-refractivity contribution < 1.29 is 9.47 Å². The molecule has 20 heavy (non-hydrogen) atoms. The van der Waals surface area contributed by atoms with Crippen LogP contribution in [0.25, 0.3) is 0 Å². The molecule has 1 aromatic carbocycles. The zero-order chi connectivity index (χ0) is 13.8. The maximum atomic E-state index is 5.83. The normalized spacial score (nSPS) is 13.0. The molecule has 0 saturated heterocycles. The Bertz CT molecular complexity index is 601. The van der Waals surface area contributed by atoms with Crippen LogP contribution in [0.15, 0.2) is 36.7 Å². The van der Waals surface area contributed by atoms with Gasteiger partial charge in [0, 0.05) is 12.7 Å². The fraction of sp³-hybridized carbons (Fsp3) is 0.267. The number of aromatic nitrogens is 1. The van der Waals surface area contributed by atoms with Gasteiger partial charge in [-0.1, -0.05) is 6.07 Å². The van der Waals surface area contributed by atoms with Crippen LogP contribution in [-0.2, 0) is 6.42 Å². The average Bonchev–Trinajstić information content (AvgIpc) is 2.49. The smallest absolute Gasteiger partial charge is 0.161 e. The number of hydrogen-bond acceptors (Lipinski definition) is 5. The largest absolute Gasteiger partial charge is 0.486 e. The van der Waals surface area contributed by atoms with Crippen molar-refractivity contribution in [1.29, 1.82) is 0 Å². The average molecular weight is 271 g/mol. The lowest BCUT2D eigenvalue weighted by atomic mass is 10.1. The van der Waals surface area contributed by atoms with E-state index in [-0.39, 0.29) is 0 Å². The number of anilines is 2. The predicted octanol–water partition coefficient (Wildman–Crippen LogP) is 2.09. The van der Waals surface area contributed by atoms with E-state index < -0.39 is 0 Å². The first-order valence-electron chi connectivity index (χ1n) is 6.65. The number of fused-ring (bicyclic) bond motifs is 1. The second-order valence-corrected chi connectivity index (χ2v) is 4.62. The highest BCUT2D eigenvalue weighted by molar-refractivity contribution is 5.64. The Hall–Kier alpha value is -2.43. The van der Waals surface area contributed by atoms with Gasteiger partial charge in [0.2, 0.25) is 0 Å². The minimum atomic E-state index is 0.613. The third kappa shape index (κ3) is 2.77. The number of rotatable bonds is 4. The molecular weight excluding hydrogens is 254 g/mol. The monoisotopic (exact) mass is 271 g/mol. The Morgan fingerprint density at radius 1 is 1.15 bits per heavy atom. The van der Waals surface area contributed by atoms with Gasteiger partial charge in [-0.2, -0.15) is 0 Å². The van der Waals surface area contributed by atoms with E-state index in [2.05, 4.69) is 16.4 Å². The molecule has 0 saturated carbocycles. The summed E-state index contributed by atoms with van der Waals surface area (Å²) in [6.45, 7) is 2.03. The molecule has 3 rings (SSSR count). The maximum Gasteiger partial charge on any atom is 0.161 e. The van der Waals surface area contributed by atoms with Crippen molar-refractivity contribution in [2.45, 2.75) is 6.42 Å². The van der Waals surface area contributed by atoms with Gasteiger partial charge in [0.1, 0.15) is 13.2 Å². The van der Waals surface area contributed by atoms with Gasteiger partial charge in [0.25, 0.3) is 0 Å². The quantitative estimate of drug-likeness (QED) is 0.891. The molecule has 0 radical (unpaired) electrons. The molecule has 104 valence electrons. The summed E-state index contributed by atoms with van der Waals surface area (Å²) in [6, 6.07) is 7.93. The van der Waals surface area contributed by atoms with Crippen LogP contribution in [0.3, 0.4) is 0 Å². The molecule has 0 bridgehead atoms. The zero-order valence-corrected chi connectivity index (χ0v) is 11.1. The molecule has 0 fully saturated rings. The summed E-state index contributed by atoms with van der Waals surface area (Å²) in [5, 5.41) is 3.30. The van der Waals surface area contributed by atoms with Crippen LogP contribution < -0.4 is 20.5 Å². The van der Waals surface area contributed by atoms with Gasteiger partial charge in [0.15, 0.2) is 11.5 Å². The maximum absolute atomic E-state index is 5.83. The molecule has 0 atom stereocenters. The minimum absolute atomic E-state index is 0.613. The van der Waals surface area contributed by atoms with E-state index in [1.54, 1.807) is 12.4 Å². The van der Waals surface area contributed by atoms with Crippen LogP contribution in [-0.4, -0.2) is 24.7 Å². The number of nitrogens with two attached hydrogens (primary N) is 1. The van der Waals surface area contributed by atoms with E-state index >= 15 is 0 Å². The van der Waals surface area contributed by atoms with Gasteiger partial charge in [-0.25, -0.2) is 0 Å². The first kappa shape index (κ1) is 12.6. The van der Waals surface area contributed by atoms with Crippen molar-refractivity contribution in [3.63, 3.8) is 0 Å². The number of pyridine rings is 1. The SMILES string of the molecule is Nc1cnccc1NCCc1ccc2c(c1)OCCO2. The van der Waals surface area contributed by atoms with Crippen LogP contribution in [0.5, 0.6) is 11.5 Å². The number of ether oxygens (including phenoxy) is 2. The highest BCUT2D eigenvalue weighted by Gasteiger charge is 2.11. The van der Waals surface area contributed by atoms with Crippen LogP contribution in [0.2, 0.25) is 0 Å². The van der Waals surface area contributed by atoms with E-state index in [4.69, 9.17) is 15.2 Å². The van der Waals surface area contributed by atoms with Crippen LogP contribution in [0, 0.1) is 0 Å². The minimum Gasteiger partial charge on any atom is -0.486 e. The van der Waals surface area contributed by atoms with Gasteiger partial charge in [-0.05, 0) is 30.2 Å². The van der Waals surface area contributed by atoms with Crippen LogP contribution in [0.1, 0.15) is 5.56 Å². The molecule has 0 amide bonds. The highest BCUT2D eigenvalue weighted by Crippen LogP contribution is 2.30. The standard InChI is InChI=1S/C15H17N3O2/c16-12-10-17-5-4-13(12)18-6-3-11-1-2-14-15(9-11)20-8-7-19-14/h1-2,4-5,9-10H,3,6-8,16H2,(H,17,18). The number of benzene rings is 1. The van der Waals surface area contributed by atoms with Crippen LogP contribution >= 0.6 is 0 Å². The molecule has 1 aromatic heterocycles. The number of nitrogens with one attached hydrogen (secondary N) is 1. The Morgan fingerprint density at radius 2 is 2.00 bits per heavy atom. The fourth-order valence-corrected chi connectivity index (χ4v) is 2.15. The Morgan fingerprint density at radius 3 is 2.85 bits per heavy atom. The van der Waals surface area contributed by atoms with E-state index in [1.165, 1.54) is 5.56 Å². The predicted molar refractivity (Wildman–Crippen MR) is 78.3 cm³/mol. The fourth-order valence-electron chi connectivity index (χ4n) is 2.15. The second kappa shape index (κ2) is 5.69. The zero-order valence-electron chi connectivity index (χ0n) is 11.1. The molecule has 2 heterocycles. The van der Waals surface area contributed by atoms with Gasteiger partial charge in [0.05, 0.1) is 17.6 Å². The van der Waals surface area contributed by atoms with Crippen molar-refractivity contribution in [3.05, 3.63) is 42.2 Å². The lowest BCUT2D eigenvalue weighted by molar-refractivity contribution is 0.171. The molecule has 1 aliphatic heterocycles. The van der Waals surface area contributed by atoms with E-state index in [1.807, 2.05) is 18.2 Å². The van der Waals surface area contributed by atoms with Crippen molar-refractivity contribution in [3.8, 4) is 11.5 Å². The number of hydrogen-bond donors (Lipinski definition) is 2. The molecular formula is C15H17N3O2. The van der Waals surface area contributed by atoms with Gasteiger partial charge in [-0.15, -0.1) is 0 Å². The summed E-state index contributed by atoms with van der Waals surface area (Å²) >= 11 is 0. The molecule has 5 heteroatoms. The van der Waals surface area contributed by atoms with Gasteiger partial charge in [-0.3, -0.25) is 4.98 Å². The third-order valence-electron chi connectivity index (χ3n) is 3.19. The number of nitrogen functional groups attached to an aromatic ring is 1. The lowest BCUT2D eigenvalue weighted by Gasteiger charge is -2.19. The Balaban J connectivity index is 1.60. The summed E-state index contributed by atoms with van der Waals surface area (Å²) in [5.41, 5.74) is 8.61. The van der Waals surface area contributed by atoms with E-state index in [9.17, 15) is 0 Å². The van der Waals surface area contributed by atoms with Gasteiger partial charge >= 0.3 is 0 Å². The second-order valence-electron chi connectivity index (χ2n) is 4.62. The van der Waals surface area contributed by atoms with E-state index in [0.29, 0.717) is 18.9 Å². The first-order chi connectivity index (χ1) is 9.83. The molecule has 3 N–H and O–H groups in total. The number of nitrogens with zero attached hydrogens (tertiary/aromatic N) is 1. The van der Waals surface area contributed by atoms with E-state index in [0.717, 1.165) is 30.2 Å². The molecule has 0 spiro atoms. The Labute approximate surface area is 117 Å². The summed E-state index contributed by atoms with van der Waals surface area (Å²) in [7, 11) is 0.